The van der Waals surface area contributed by atoms with E-state index in [0.29, 0.717) is 5.82 Å². The summed E-state index contributed by atoms with van der Waals surface area (Å²) in [6, 6.07) is 53.6. The summed E-state index contributed by atoms with van der Waals surface area (Å²) in [7, 11) is 0. The maximum atomic E-state index is 6.10. The van der Waals surface area contributed by atoms with Crippen molar-refractivity contribution in [3.63, 3.8) is 0 Å². The number of hydrogen-bond acceptors (Lipinski definition) is 2. The van der Waals surface area contributed by atoms with Gasteiger partial charge in [-0.05, 0) is 63.7 Å². The van der Waals surface area contributed by atoms with Crippen LogP contribution in [0.25, 0.3) is 67.3 Å². The minimum absolute atomic E-state index is 0.681. The smallest absolute Gasteiger partial charge is 0.160 e. The lowest BCUT2D eigenvalue weighted by Crippen LogP contribution is -1.96. The van der Waals surface area contributed by atoms with Crippen LogP contribution >= 0.6 is 23.2 Å². The quantitative estimate of drug-likeness (QED) is 0.182. The number of aromatic nitrogens is 2. The van der Waals surface area contributed by atoms with Crippen LogP contribution in [0.1, 0.15) is 13.8 Å². The largest absolute Gasteiger partial charge is 0.228 e. The highest BCUT2D eigenvalue weighted by Crippen LogP contribution is 2.32. The third-order valence-electron chi connectivity index (χ3n) is 7.69. The van der Waals surface area contributed by atoms with E-state index in [2.05, 4.69) is 103 Å². The van der Waals surface area contributed by atoms with Crippen LogP contribution in [0.5, 0.6) is 0 Å². The molecule has 0 aliphatic carbocycles. The Kier molecular flexibility index (Phi) is 9.69. The van der Waals surface area contributed by atoms with E-state index in [4.69, 9.17) is 33.2 Å². The third-order valence-corrected chi connectivity index (χ3v) is 8.20. The minimum Gasteiger partial charge on any atom is -0.228 e. The second kappa shape index (κ2) is 14.4. The summed E-state index contributed by atoms with van der Waals surface area (Å²) in [5, 5.41) is 1.45. The molecule has 0 amide bonds. The fraction of sp³-hybridized carbons (Fsp3) is 0.0476. The van der Waals surface area contributed by atoms with Crippen LogP contribution in [-0.4, -0.2) is 9.97 Å². The highest BCUT2D eigenvalue weighted by atomic mass is 35.5. The topological polar surface area (TPSA) is 25.8 Å². The summed E-state index contributed by atoms with van der Waals surface area (Å²) in [6.07, 6.45) is 0. The highest BCUT2D eigenvalue weighted by molar-refractivity contribution is 6.30. The molecular formula is C42H32Cl2N2. The summed E-state index contributed by atoms with van der Waals surface area (Å²) in [5.74, 6) is 0.681. The molecule has 0 N–H and O–H groups in total. The van der Waals surface area contributed by atoms with Gasteiger partial charge in [0.1, 0.15) is 0 Å². The first-order valence-electron chi connectivity index (χ1n) is 15.4. The second-order valence-electron chi connectivity index (χ2n) is 10.6. The van der Waals surface area contributed by atoms with Crippen molar-refractivity contribution in [3.05, 3.63) is 168 Å². The SMILES string of the molecule is CC.Clc1ccc(-c2ccc(-c3cc(-c4ccc(-c5ccc(Cl)cc5)cc4)nc(-c4ccc(-c5ccccc5)cc4)n3)cc2)cc1. The first-order chi connectivity index (χ1) is 22.6. The molecule has 0 saturated carbocycles. The van der Waals surface area contributed by atoms with Crippen LogP contribution in [0.4, 0.5) is 0 Å². The van der Waals surface area contributed by atoms with Crippen LogP contribution in [0.2, 0.25) is 10.0 Å². The molecule has 1 aromatic heterocycles. The van der Waals surface area contributed by atoms with Crippen molar-refractivity contribution in [1.29, 1.82) is 0 Å². The van der Waals surface area contributed by atoms with E-state index in [0.717, 1.165) is 65.9 Å². The van der Waals surface area contributed by atoms with Gasteiger partial charge in [0.25, 0.3) is 0 Å². The van der Waals surface area contributed by atoms with E-state index in [-0.39, 0.29) is 0 Å². The highest BCUT2D eigenvalue weighted by Gasteiger charge is 2.12. The molecule has 0 unspecified atom stereocenters. The fourth-order valence-electron chi connectivity index (χ4n) is 5.27. The number of benzene rings is 6. The number of halogens is 2. The van der Waals surface area contributed by atoms with Crippen molar-refractivity contribution in [2.45, 2.75) is 13.8 Å². The first kappa shape index (κ1) is 31.0. The molecule has 224 valence electrons. The average Bonchev–Trinajstić information content (AvgIpc) is 3.13. The molecule has 0 aliphatic rings. The summed E-state index contributed by atoms with van der Waals surface area (Å²) < 4.78 is 0. The van der Waals surface area contributed by atoms with Crippen molar-refractivity contribution in [2.75, 3.05) is 0 Å². The Hall–Kier alpha value is -5.02. The molecule has 1 heterocycles. The molecular weight excluding hydrogens is 603 g/mol. The van der Waals surface area contributed by atoms with Crippen LogP contribution in [0, 0.1) is 0 Å². The summed E-state index contributed by atoms with van der Waals surface area (Å²) >= 11 is 12.2. The molecule has 6 aromatic carbocycles. The monoisotopic (exact) mass is 634 g/mol. The molecule has 0 saturated heterocycles. The van der Waals surface area contributed by atoms with Crippen LogP contribution in [-0.2, 0) is 0 Å². The Morgan fingerprint density at radius 2 is 0.609 bits per heavy atom. The molecule has 7 rings (SSSR count). The van der Waals surface area contributed by atoms with Crippen LogP contribution in [0.15, 0.2) is 158 Å². The van der Waals surface area contributed by atoms with Gasteiger partial charge in [0.2, 0.25) is 0 Å². The lowest BCUT2D eigenvalue weighted by atomic mass is 10.00. The predicted molar refractivity (Wildman–Crippen MR) is 196 cm³/mol. The van der Waals surface area contributed by atoms with Crippen molar-refractivity contribution in [3.8, 4) is 67.3 Å². The summed E-state index contributed by atoms with van der Waals surface area (Å²) in [5.41, 5.74) is 11.5. The molecule has 2 nitrogen and oxygen atoms in total. The van der Waals surface area contributed by atoms with Crippen LogP contribution < -0.4 is 0 Å². The maximum absolute atomic E-state index is 6.10. The van der Waals surface area contributed by atoms with Gasteiger partial charge >= 0.3 is 0 Å². The Morgan fingerprint density at radius 3 is 0.978 bits per heavy atom. The molecule has 0 bridgehead atoms. The molecule has 0 fully saturated rings. The second-order valence-corrected chi connectivity index (χ2v) is 11.4. The van der Waals surface area contributed by atoms with Gasteiger partial charge in [-0.1, -0.05) is 164 Å². The van der Waals surface area contributed by atoms with Crippen molar-refractivity contribution in [2.24, 2.45) is 0 Å². The molecule has 7 aromatic rings. The van der Waals surface area contributed by atoms with Gasteiger partial charge in [-0.25, -0.2) is 9.97 Å². The van der Waals surface area contributed by atoms with E-state index in [9.17, 15) is 0 Å². The fourth-order valence-corrected chi connectivity index (χ4v) is 5.52. The zero-order valence-corrected chi connectivity index (χ0v) is 27.2. The van der Waals surface area contributed by atoms with E-state index in [1.165, 1.54) is 5.56 Å². The van der Waals surface area contributed by atoms with E-state index in [1.807, 2.05) is 68.4 Å². The third kappa shape index (κ3) is 7.10. The van der Waals surface area contributed by atoms with Gasteiger partial charge in [-0.2, -0.15) is 0 Å². The standard InChI is InChI=1S/C40H26Cl2N2.C2H6/c41-36-22-18-31(19-23-36)29-6-12-33(13-7-29)38-26-39(34-14-8-30(9-15-34)32-20-24-37(42)25-21-32)44-40(43-38)35-16-10-28(11-17-35)27-4-2-1-3-5-27;1-2/h1-26H;1-2H3. The molecule has 0 atom stereocenters. The van der Waals surface area contributed by atoms with Gasteiger partial charge in [-0.3, -0.25) is 0 Å². The van der Waals surface area contributed by atoms with Crippen LogP contribution in [0.3, 0.4) is 0 Å². The minimum atomic E-state index is 0.681. The van der Waals surface area contributed by atoms with Crippen molar-refractivity contribution < 1.29 is 0 Å². The lowest BCUT2D eigenvalue weighted by molar-refractivity contribution is 1.18. The van der Waals surface area contributed by atoms with Crippen molar-refractivity contribution >= 4 is 23.2 Å². The molecule has 0 spiro atoms. The Labute approximate surface area is 281 Å². The van der Waals surface area contributed by atoms with Gasteiger partial charge in [0.15, 0.2) is 5.82 Å². The van der Waals surface area contributed by atoms with E-state index in [1.54, 1.807) is 0 Å². The first-order valence-corrected chi connectivity index (χ1v) is 16.1. The average molecular weight is 636 g/mol. The molecule has 0 aliphatic heterocycles. The summed E-state index contributed by atoms with van der Waals surface area (Å²) in [6.45, 7) is 4.00. The lowest BCUT2D eigenvalue weighted by Gasteiger charge is -2.11. The Morgan fingerprint density at radius 1 is 0.326 bits per heavy atom. The molecule has 46 heavy (non-hydrogen) atoms. The zero-order chi connectivity index (χ0) is 31.9. The van der Waals surface area contributed by atoms with E-state index < -0.39 is 0 Å². The Balaban J connectivity index is 0.00000182. The maximum Gasteiger partial charge on any atom is 0.160 e. The predicted octanol–water partition coefficient (Wildman–Crippen LogP) is 12.8. The van der Waals surface area contributed by atoms with Gasteiger partial charge < -0.3 is 0 Å². The van der Waals surface area contributed by atoms with Gasteiger partial charge in [0.05, 0.1) is 11.4 Å². The van der Waals surface area contributed by atoms with Gasteiger partial charge in [-0.15, -0.1) is 0 Å². The number of nitrogens with zero attached hydrogens (tertiary/aromatic N) is 2. The number of hydrogen-bond donors (Lipinski definition) is 0. The summed E-state index contributed by atoms with van der Waals surface area (Å²) in [4.78, 5) is 10.1. The van der Waals surface area contributed by atoms with Crippen molar-refractivity contribution in [1.82, 2.24) is 9.97 Å². The Bertz CT molecular complexity index is 1910. The molecule has 0 radical (unpaired) electrons. The molecule has 4 heteroatoms. The van der Waals surface area contributed by atoms with E-state index >= 15 is 0 Å². The normalized spacial score (nSPS) is 10.6. The zero-order valence-electron chi connectivity index (χ0n) is 25.7. The number of rotatable bonds is 6. The van der Waals surface area contributed by atoms with Gasteiger partial charge in [0, 0.05) is 26.7 Å².